The maximum Gasteiger partial charge on any atom is 0.243 e. The van der Waals surface area contributed by atoms with Gasteiger partial charge in [-0.25, -0.2) is 4.99 Å². The van der Waals surface area contributed by atoms with Gasteiger partial charge in [0, 0.05) is 26.7 Å². The zero-order valence-corrected chi connectivity index (χ0v) is 14.0. The van der Waals surface area contributed by atoms with Gasteiger partial charge in [-0.3, -0.25) is 4.79 Å². The highest BCUT2D eigenvalue weighted by atomic mass is 127. The molecule has 18 heavy (non-hydrogen) atoms. The van der Waals surface area contributed by atoms with Crippen molar-refractivity contribution in [1.29, 1.82) is 0 Å². The van der Waals surface area contributed by atoms with Crippen LogP contribution in [0.15, 0.2) is 17.6 Å². The number of hydrogen-bond donors (Lipinski definition) is 2. The van der Waals surface area contributed by atoms with Gasteiger partial charge in [-0.1, -0.05) is 13.0 Å². The molecule has 0 radical (unpaired) electrons. The third-order valence-corrected chi connectivity index (χ3v) is 2.28. The molecule has 0 aliphatic heterocycles. The highest BCUT2D eigenvalue weighted by molar-refractivity contribution is 14.0. The Morgan fingerprint density at radius 2 is 2.11 bits per heavy atom. The molecule has 1 amide bonds. The number of rotatable bonds is 6. The van der Waals surface area contributed by atoms with Gasteiger partial charge in [0.15, 0.2) is 5.96 Å². The second kappa shape index (κ2) is 11.3. The first kappa shape index (κ1) is 19.5. The highest BCUT2D eigenvalue weighted by Crippen LogP contribution is 1.88. The second-order valence-corrected chi connectivity index (χ2v) is 4.08. The SMILES string of the molecule is C=CCNC(=NCC(=O)N(C)C)NC(C)CC.I. The van der Waals surface area contributed by atoms with Crippen LogP contribution in [0, 0.1) is 0 Å². The number of guanidine groups is 1. The molecule has 0 fully saturated rings. The number of carbonyl (C=O) groups excluding carboxylic acids is 1. The second-order valence-electron chi connectivity index (χ2n) is 4.08. The standard InChI is InChI=1S/C12H24N4O.HI/c1-6-8-13-12(15-10(3)7-2)14-9-11(17)16(4)5;/h6,10H,1,7-9H2,2-5H3,(H2,13,14,15);1H. The van der Waals surface area contributed by atoms with Crippen molar-refractivity contribution in [3.8, 4) is 0 Å². The van der Waals surface area contributed by atoms with E-state index < -0.39 is 0 Å². The van der Waals surface area contributed by atoms with Crippen molar-refractivity contribution < 1.29 is 4.79 Å². The van der Waals surface area contributed by atoms with Crippen molar-refractivity contribution in [1.82, 2.24) is 15.5 Å². The molecule has 0 saturated heterocycles. The maximum atomic E-state index is 11.4. The number of nitrogens with zero attached hydrogens (tertiary/aromatic N) is 2. The number of hydrogen-bond acceptors (Lipinski definition) is 2. The van der Waals surface area contributed by atoms with E-state index in [0.29, 0.717) is 18.5 Å². The number of likely N-dealkylation sites (N-methyl/N-ethyl adjacent to an activating group) is 1. The molecule has 1 atom stereocenters. The van der Waals surface area contributed by atoms with E-state index in [4.69, 9.17) is 0 Å². The minimum Gasteiger partial charge on any atom is -0.354 e. The maximum absolute atomic E-state index is 11.4. The van der Waals surface area contributed by atoms with Gasteiger partial charge in [0.2, 0.25) is 5.91 Å². The summed E-state index contributed by atoms with van der Waals surface area (Å²) < 4.78 is 0. The van der Waals surface area contributed by atoms with Gasteiger partial charge in [-0.15, -0.1) is 30.6 Å². The Kier molecular flexibility index (Phi) is 12.3. The Balaban J connectivity index is 0. The van der Waals surface area contributed by atoms with Crippen LogP contribution >= 0.6 is 24.0 Å². The molecule has 5 nitrogen and oxygen atoms in total. The summed E-state index contributed by atoms with van der Waals surface area (Å²) in [6, 6.07) is 0.320. The number of nitrogens with one attached hydrogen (secondary N) is 2. The lowest BCUT2D eigenvalue weighted by Gasteiger charge is -2.16. The molecule has 0 rings (SSSR count). The third-order valence-electron chi connectivity index (χ3n) is 2.28. The number of carbonyl (C=O) groups is 1. The molecule has 2 N–H and O–H groups in total. The van der Waals surface area contributed by atoms with E-state index >= 15 is 0 Å². The lowest BCUT2D eigenvalue weighted by Crippen LogP contribution is -2.42. The van der Waals surface area contributed by atoms with Crippen LogP contribution in [-0.4, -0.2) is 50.0 Å². The molecule has 0 aromatic rings. The van der Waals surface area contributed by atoms with Crippen molar-refractivity contribution in [2.24, 2.45) is 4.99 Å². The minimum atomic E-state index is -0.0196. The van der Waals surface area contributed by atoms with Crippen LogP contribution in [0.25, 0.3) is 0 Å². The Hall–Kier alpha value is -0.790. The molecule has 0 aliphatic carbocycles. The normalized spacial score (nSPS) is 12.1. The van der Waals surface area contributed by atoms with E-state index in [-0.39, 0.29) is 36.4 Å². The Bertz CT molecular complexity index is 279. The Morgan fingerprint density at radius 1 is 1.50 bits per heavy atom. The average Bonchev–Trinajstić information content (AvgIpc) is 2.31. The van der Waals surface area contributed by atoms with Crippen LogP contribution in [0.3, 0.4) is 0 Å². The van der Waals surface area contributed by atoms with Crippen molar-refractivity contribution >= 4 is 35.8 Å². The van der Waals surface area contributed by atoms with Crippen LogP contribution in [0.2, 0.25) is 0 Å². The zero-order chi connectivity index (χ0) is 13.3. The van der Waals surface area contributed by atoms with Crippen molar-refractivity contribution in [3.63, 3.8) is 0 Å². The van der Waals surface area contributed by atoms with E-state index in [1.54, 1.807) is 20.2 Å². The smallest absolute Gasteiger partial charge is 0.243 e. The predicted octanol–water partition coefficient (Wildman–Crippen LogP) is 1.21. The third kappa shape index (κ3) is 9.26. The molecule has 0 aromatic carbocycles. The monoisotopic (exact) mass is 368 g/mol. The van der Waals surface area contributed by atoms with E-state index in [0.717, 1.165) is 6.42 Å². The number of aliphatic imine (C=N–C) groups is 1. The van der Waals surface area contributed by atoms with E-state index in [1.165, 1.54) is 4.90 Å². The van der Waals surface area contributed by atoms with E-state index in [1.807, 2.05) is 0 Å². The van der Waals surface area contributed by atoms with Crippen LogP contribution in [0.1, 0.15) is 20.3 Å². The van der Waals surface area contributed by atoms with Crippen molar-refractivity contribution in [2.45, 2.75) is 26.3 Å². The molecular formula is C12H25IN4O. The summed E-state index contributed by atoms with van der Waals surface area (Å²) in [5.74, 6) is 0.628. The summed E-state index contributed by atoms with van der Waals surface area (Å²) in [5.41, 5.74) is 0. The first-order valence-corrected chi connectivity index (χ1v) is 5.87. The van der Waals surface area contributed by atoms with Gasteiger partial charge in [0.05, 0.1) is 0 Å². The predicted molar refractivity (Wildman–Crippen MR) is 87.5 cm³/mol. The minimum absolute atomic E-state index is 0. The molecule has 0 heterocycles. The highest BCUT2D eigenvalue weighted by Gasteiger charge is 2.05. The van der Waals surface area contributed by atoms with Crippen LogP contribution < -0.4 is 10.6 Å². The molecule has 0 spiro atoms. The summed E-state index contributed by atoms with van der Waals surface area (Å²) in [5, 5.41) is 6.30. The fourth-order valence-corrected chi connectivity index (χ4v) is 0.945. The number of amides is 1. The fourth-order valence-electron chi connectivity index (χ4n) is 0.945. The van der Waals surface area contributed by atoms with Gasteiger partial charge in [0.1, 0.15) is 6.54 Å². The largest absolute Gasteiger partial charge is 0.354 e. The molecule has 106 valence electrons. The zero-order valence-electron chi connectivity index (χ0n) is 11.7. The molecular weight excluding hydrogens is 343 g/mol. The number of halogens is 1. The van der Waals surface area contributed by atoms with Gasteiger partial charge >= 0.3 is 0 Å². The summed E-state index contributed by atoms with van der Waals surface area (Å²) in [7, 11) is 3.44. The van der Waals surface area contributed by atoms with Crippen molar-refractivity contribution in [3.05, 3.63) is 12.7 Å². The van der Waals surface area contributed by atoms with Gasteiger partial charge in [-0.2, -0.15) is 0 Å². The molecule has 6 heteroatoms. The van der Waals surface area contributed by atoms with Gasteiger partial charge in [-0.05, 0) is 13.3 Å². The van der Waals surface area contributed by atoms with E-state index in [2.05, 4.69) is 36.1 Å². The van der Waals surface area contributed by atoms with Crippen LogP contribution in [0.4, 0.5) is 0 Å². The van der Waals surface area contributed by atoms with Crippen LogP contribution in [0.5, 0.6) is 0 Å². The summed E-state index contributed by atoms with van der Waals surface area (Å²) >= 11 is 0. The van der Waals surface area contributed by atoms with Gasteiger partial charge in [0.25, 0.3) is 0 Å². The topological polar surface area (TPSA) is 56.7 Å². The first-order valence-electron chi connectivity index (χ1n) is 5.87. The lowest BCUT2D eigenvalue weighted by atomic mass is 10.3. The Labute approximate surface area is 127 Å². The van der Waals surface area contributed by atoms with Gasteiger partial charge < -0.3 is 15.5 Å². The molecule has 0 saturated carbocycles. The molecule has 0 aliphatic rings. The first-order chi connectivity index (χ1) is 8.01. The quantitative estimate of drug-likeness (QED) is 0.321. The fraction of sp³-hybridized carbons (Fsp3) is 0.667. The molecule has 0 bridgehead atoms. The Morgan fingerprint density at radius 3 is 2.56 bits per heavy atom. The summed E-state index contributed by atoms with van der Waals surface area (Å²) in [4.78, 5) is 17.2. The average molecular weight is 368 g/mol. The van der Waals surface area contributed by atoms with Crippen LogP contribution in [-0.2, 0) is 4.79 Å². The molecule has 1 unspecified atom stereocenters. The molecule has 0 aromatic heterocycles. The summed E-state index contributed by atoms with van der Waals surface area (Å²) in [6.45, 7) is 8.57. The summed E-state index contributed by atoms with van der Waals surface area (Å²) in [6.07, 6.45) is 2.75. The lowest BCUT2D eigenvalue weighted by molar-refractivity contribution is -0.127. The van der Waals surface area contributed by atoms with Crippen molar-refractivity contribution in [2.75, 3.05) is 27.2 Å². The van der Waals surface area contributed by atoms with E-state index in [9.17, 15) is 4.79 Å².